The zero-order valence-corrected chi connectivity index (χ0v) is 15.8. The van der Waals surface area contributed by atoms with Crippen LogP contribution in [0, 0.1) is 24.7 Å². The van der Waals surface area contributed by atoms with Crippen molar-refractivity contribution < 1.29 is 4.79 Å². The first-order valence-electron chi connectivity index (χ1n) is 10.2. The highest BCUT2D eigenvalue weighted by Crippen LogP contribution is 2.49. The van der Waals surface area contributed by atoms with Crippen molar-refractivity contribution in [3.63, 3.8) is 0 Å². The van der Waals surface area contributed by atoms with E-state index in [1.165, 1.54) is 31.2 Å². The zero-order chi connectivity index (χ0) is 17.4. The molecule has 3 unspecified atom stereocenters. The van der Waals surface area contributed by atoms with E-state index in [1.807, 2.05) is 4.68 Å². The molecule has 0 spiro atoms. The minimum atomic E-state index is 0.409. The van der Waals surface area contributed by atoms with Crippen LogP contribution in [0.25, 0.3) is 0 Å². The Kier molecular flexibility index (Phi) is 4.85. The van der Waals surface area contributed by atoms with Crippen molar-refractivity contribution in [3.8, 4) is 0 Å². The number of hydrogen-bond donors (Lipinski definition) is 0. The van der Waals surface area contributed by atoms with Gasteiger partial charge in [0, 0.05) is 57.4 Å². The third-order valence-electron chi connectivity index (χ3n) is 6.81. The molecule has 1 aromatic heterocycles. The number of rotatable bonds is 5. The summed E-state index contributed by atoms with van der Waals surface area (Å²) in [6.07, 6.45) is 8.49. The Hall–Kier alpha value is -1.36. The number of carbonyl (C=O) groups is 1. The molecule has 2 heterocycles. The van der Waals surface area contributed by atoms with Crippen LogP contribution in [0.15, 0.2) is 6.20 Å². The molecule has 1 aromatic rings. The van der Waals surface area contributed by atoms with Gasteiger partial charge in [-0.2, -0.15) is 5.10 Å². The van der Waals surface area contributed by atoms with Gasteiger partial charge in [0.25, 0.3) is 0 Å². The second-order valence-electron chi connectivity index (χ2n) is 8.39. The summed E-state index contributed by atoms with van der Waals surface area (Å²) in [4.78, 5) is 17.3. The van der Waals surface area contributed by atoms with E-state index in [4.69, 9.17) is 0 Å². The maximum atomic E-state index is 12.7. The first kappa shape index (κ1) is 17.1. The lowest BCUT2D eigenvalue weighted by atomic mass is 9.86. The lowest BCUT2D eigenvalue weighted by Crippen LogP contribution is -2.48. The number of carbonyl (C=O) groups excluding carboxylic acids is 1. The first-order valence-corrected chi connectivity index (χ1v) is 10.2. The van der Waals surface area contributed by atoms with Gasteiger partial charge in [0.15, 0.2) is 0 Å². The quantitative estimate of drug-likeness (QED) is 0.825. The van der Waals surface area contributed by atoms with Crippen LogP contribution in [0.3, 0.4) is 0 Å². The largest absolute Gasteiger partial charge is 0.340 e. The summed E-state index contributed by atoms with van der Waals surface area (Å²) in [5.41, 5.74) is 2.46. The number of piperazine rings is 1. The second kappa shape index (κ2) is 7.10. The predicted octanol–water partition coefficient (Wildman–Crippen LogP) is 2.68. The van der Waals surface area contributed by atoms with E-state index >= 15 is 0 Å². The standard InChI is InChI=1S/C20H32N4O/c1-3-24-14-19(15(2)21-24)13-22-6-8-23(9-7-22)20(25)12-18-11-16-4-5-17(18)10-16/h14,16-18H,3-13H2,1-2H3. The molecule has 3 fully saturated rings. The topological polar surface area (TPSA) is 41.4 Å². The SMILES string of the molecule is CCn1cc(CN2CCN(C(=O)CC3CC4CCC3C4)CC2)c(C)n1. The highest BCUT2D eigenvalue weighted by molar-refractivity contribution is 5.76. The van der Waals surface area contributed by atoms with Gasteiger partial charge < -0.3 is 4.90 Å². The van der Waals surface area contributed by atoms with E-state index in [9.17, 15) is 4.79 Å². The molecule has 138 valence electrons. The van der Waals surface area contributed by atoms with Gasteiger partial charge in [-0.25, -0.2) is 0 Å². The minimum Gasteiger partial charge on any atom is -0.340 e. The van der Waals surface area contributed by atoms with Crippen molar-refractivity contribution in [1.82, 2.24) is 19.6 Å². The van der Waals surface area contributed by atoms with Crippen molar-refractivity contribution in [1.29, 1.82) is 0 Å². The molecule has 4 rings (SSSR count). The molecule has 1 saturated heterocycles. The Morgan fingerprint density at radius 2 is 2.00 bits per heavy atom. The minimum absolute atomic E-state index is 0.409. The van der Waals surface area contributed by atoms with Gasteiger partial charge in [0.1, 0.15) is 0 Å². The Bertz CT molecular complexity index is 617. The molecular formula is C20H32N4O. The molecule has 2 bridgehead atoms. The van der Waals surface area contributed by atoms with E-state index in [2.05, 4.69) is 34.9 Å². The van der Waals surface area contributed by atoms with Crippen LogP contribution >= 0.6 is 0 Å². The van der Waals surface area contributed by atoms with E-state index in [-0.39, 0.29) is 0 Å². The Balaban J connectivity index is 1.25. The van der Waals surface area contributed by atoms with E-state index in [0.29, 0.717) is 11.8 Å². The number of hydrogen-bond acceptors (Lipinski definition) is 3. The fourth-order valence-electron chi connectivity index (χ4n) is 5.25. The summed E-state index contributed by atoms with van der Waals surface area (Å²) in [5.74, 6) is 2.89. The molecule has 0 radical (unpaired) electrons. The monoisotopic (exact) mass is 344 g/mol. The molecule has 2 aliphatic carbocycles. The van der Waals surface area contributed by atoms with Crippen LogP contribution in [0.1, 0.15) is 50.3 Å². The summed E-state index contributed by atoms with van der Waals surface area (Å²) in [7, 11) is 0. The molecule has 3 atom stereocenters. The van der Waals surface area contributed by atoms with Crippen LogP contribution in [0.4, 0.5) is 0 Å². The highest BCUT2D eigenvalue weighted by Gasteiger charge is 2.40. The van der Waals surface area contributed by atoms with Crippen molar-refractivity contribution in [2.45, 2.75) is 59.0 Å². The average molecular weight is 345 g/mol. The van der Waals surface area contributed by atoms with Crippen LogP contribution in [-0.4, -0.2) is 51.7 Å². The maximum absolute atomic E-state index is 12.7. The van der Waals surface area contributed by atoms with Crippen molar-refractivity contribution in [2.75, 3.05) is 26.2 Å². The molecule has 5 heteroatoms. The summed E-state index contributed by atoms with van der Waals surface area (Å²) >= 11 is 0. The lowest BCUT2D eigenvalue weighted by Gasteiger charge is -2.35. The molecular weight excluding hydrogens is 312 g/mol. The van der Waals surface area contributed by atoms with Crippen molar-refractivity contribution in [2.24, 2.45) is 17.8 Å². The van der Waals surface area contributed by atoms with Crippen LogP contribution < -0.4 is 0 Å². The van der Waals surface area contributed by atoms with E-state index in [0.717, 1.165) is 63.2 Å². The lowest BCUT2D eigenvalue weighted by molar-refractivity contribution is -0.134. The van der Waals surface area contributed by atoms with Gasteiger partial charge in [-0.1, -0.05) is 6.42 Å². The molecule has 3 aliphatic rings. The molecule has 25 heavy (non-hydrogen) atoms. The average Bonchev–Trinajstić information content (AvgIpc) is 3.32. The summed E-state index contributed by atoms with van der Waals surface area (Å²) in [6.45, 7) is 9.85. The van der Waals surface area contributed by atoms with Gasteiger partial charge in [-0.05, 0) is 50.9 Å². The third kappa shape index (κ3) is 3.62. The molecule has 1 amide bonds. The smallest absolute Gasteiger partial charge is 0.222 e. The van der Waals surface area contributed by atoms with Crippen LogP contribution in [-0.2, 0) is 17.9 Å². The van der Waals surface area contributed by atoms with Crippen LogP contribution in [0.2, 0.25) is 0 Å². The van der Waals surface area contributed by atoms with E-state index in [1.54, 1.807) is 0 Å². The van der Waals surface area contributed by atoms with Crippen molar-refractivity contribution in [3.05, 3.63) is 17.5 Å². The van der Waals surface area contributed by atoms with Gasteiger partial charge in [-0.3, -0.25) is 14.4 Å². The van der Waals surface area contributed by atoms with Crippen molar-refractivity contribution >= 4 is 5.91 Å². The Morgan fingerprint density at radius 1 is 1.20 bits per heavy atom. The van der Waals surface area contributed by atoms with Gasteiger partial charge in [-0.15, -0.1) is 0 Å². The zero-order valence-electron chi connectivity index (χ0n) is 15.8. The van der Waals surface area contributed by atoms with Gasteiger partial charge >= 0.3 is 0 Å². The Labute approximate surface area is 151 Å². The second-order valence-corrected chi connectivity index (χ2v) is 8.39. The number of fused-ring (bicyclic) bond motifs is 2. The fraction of sp³-hybridized carbons (Fsp3) is 0.800. The summed E-state index contributed by atoms with van der Waals surface area (Å²) in [5, 5.41) is 4.54. The molecule has 2 saturated carbocycles. The summed E-state index contributed by atoms with van der Waals surface area (Å²) < 4.78 is 2.01. The van der Waals surface area contributed by atoms with E-state index < -0.39 is 0 Å². The van der Waals surface area contributed by atoms with Gasteiger partial charge in [0.2, 0.25) is 5.91 Å². The number of nitrogens with zero attached hydrogens (tertiary/aromatic N) is 4. The number of amides is 1. The molecule has 0 N–H and O–H groups in total. The predicted molar refractivity (Wildman–Crippen MR) is 98.1 cm³/mol. The normalized spacial score (nSPS) is 29.5. The molecule has 0 aromatic carbocycles. The molecule has 5 nitrogen and oxygen atoms in total. The fourth-order valence-corrected chi connectivity index (χ4v) is 5.25. The Morgan fingerprint density at radius 3 is 2.60 bits per heavy atom. The maximum Gasteiger partial charge on any atom is 0.222 e. The van der Waals surface area contributed by atoms with Gasteiger partial charge in [0.05, 0.1) is 5.69 Å². The molecule has 1 aliphatic heterocycles. The number of aryl methyl sites for hydroxylation is 2. The summed E-state index contributed by atoms with van der Waals surface area (Å²) in [6, 6.07) is 0. The highest BCUT2D eigenvalue weighted by atomic mass is 16.2. The third-order valence-corrected chi connectivity index (χ3v) is 6.81. The number of aromatic nitrogens is 2. The van der Waals surface area contributed by atoms with Crippen LogP contribution in [0.5, 0.6) is 0 Å². The first-order chi connectivity index (χ1) is 12.1.